The molecule has 0 saturated carbocycles. The van der Waals surface area contributed by atoms with Gasteiger partial charge >= 0.3 is 5.97 Å². The summed E-state index contributed by atoms with van der Waals surface area (Å²) in [6, 6.07) is 14.1. The van der Waals surface area contributed by atoms with E-state index in [1.807, 2.05) is 12.1 Å². The van der Waals surface area contributed by atoms with E-state index in [-0.39, 0.29) is 18.1 Å². The number of halogens is 1. The predicted molar refractivity (Wildman–Crippen MR) is 95.4 cm³/mol. The lowest BCUT2D eigenvalue weighted by molar-refractivity contribution is -0.139. The second-order valence-corrected chi connectivity index (χ2v) is 6.62. The fourth-order valence-electron chi connectivity index (χ4n) is 2.24. The van der Waals surface area contributed by atoms with Crippen LogP contribution in [0, 0.1) is 0 Å². The molecule has 2 aromatic carbocycles. The van der Waals surface area contributed by atoms with Gasteiger partial charge in [0.25, 0.3) is 0 Å². The molecule has 0 aliphatic carbocycles. The van der Waals surface area contributed by atoms with Crippen molar-refractivity contribution in [3.8, 4) is 27.6 Å². The van der Waals surface area contributed by atoms with E-state index in [0.717, 1.165) is 26.7 Å². The number of aromatic nitrogens is 1. The Kier molecular flexibility index (Phi) is 4.83. The Labute approximate surface area is 148 Å². The van der Waals surface area contributed by atoms with Crippen molar-refractivity contribution in [1.82, 2.24) is 4.98 Å². The van der Waals surface area contributed by atoms with Crippen molar-refractivity contribution < 1.29 is 14.6 Å². The number of methoxy groups -OCH3 is 1. The summed E-state index contributed by atoms with van der Waals surface area (Å²) in [5.41, 5.74) is 2.51. The van der Waals surface area contributed by atoms with E-state index < -0.39 is 0 Å². The standard InChI is InChI=1S/C18H14ClNO3S/c1-23-16(22)10-15-17(11-2-6-13(19)7-3-11)20-18(24-15)12-4-8-14(21)9-5-12/h2-9,21H,10H2,1H3. The number of phenolic OH excluding ortho intramolecular Hbond substituents is 1. The molecule has 3 rings (SSSR count). The van der Waals surface area contributed by atoms with Gasteiger partial charge in [0.1, 0.15) is 10.8 Å². The average molecular weight is 360 g/mol. The van der Waals surface area contributed by atoms with Gasteiger partial charge in [-0.05, 0) is 36.4 Å². The number of ether oxygens (including phenoxy) is 1. The van der Waals surface area contributed by atoms with E-state index in [1.165, 1.54) is 18.4 Å². The number of phenols is 1. The van der Waals surface area contributed by atoms with Crippen LogP contribution in [-0.2, 0) is 16.0 Å². The van der Waals surface area contributed by atoms with Crippen molar-refractivity contribution in [3.05, 3.63) is 58.4 Å². The first-order chi connectivity index (χ1) is 11.6. The highest BCUT2D eigenvalue weighted by molar-refractivity contribution is 7.15. The van der Waals surface area contributed by atoms with Gasteiger partial charge in [0, 0.05) is 21.0 Å². The maximum absolute atomic E-state index is 11.7. The van der Waals surface area contributed by atoms with Gasteiger partial charge in [-0.25, -0.2) is 4.98 Å². The lowest BCUT2D eigenvalue weighted by Crippen LogP contribution is -2.03. The maximum atomic E-state index is 11.7. The average Bonchev–Trinajstić information content (AvgIpc) is 3.00. The Hall–Kier alpha value is -2.37. The zero-order valence-corrected chi connectivity index (χ0v) is 14.4. The van der Waals surface area contributed by atoms with Crippen molar-refractivity contribution in [2.45, 2.75) is 6.42 Å². The van der Waals surface area contributed by atoms with Gasteiger partial charge in [-0.1, -0.05) is 23.7 Å². The number of carbonyl (C=O) groups excluding carboxylic acids is 1. The molecule has 1 N–H and O–H groups in total. The molecule has 0 bridgehead atoms. The van der Waals surface area contributed by atoms with E-state index in [9.17, 15) is 9.90 Å². The van der Waals surface area contributed by atoms with Gasteiger partial charge in [-0.3, -0.25) is 4.79 Å². The number of nitrogens with zero attached hydrogens (tertiary/aromatic N) is 1. The van der Waals surface area contributed by atoms with Gasteiger partial charge in [-0.2, -0.15) is 0 Å². The second kappa shape index (κ2) is 7.03. The molecule has 6 heteroatoms. The van der Waals surface area contributed by atoms with Crippen LogP contribution in [0.5, 0.6) is 5.75 Å². The van der Waals surface area contributed by atoms with Crippen LogP contribution in [0.3, 0.4) is 0 Å². The van der Waals surface area contributed by atoms with Crippen LogP contribution in [0.25, 0.3) is 21.8 Å². The van der Waals surface area contributed by atoms with E-state index in [1.54, 1.807) is 36.4 Å². The minimum absolute atomic E-state index is 0.157. The molecule has 1 aromatic heterocycles. The smallest absolute Gasteiger partial charge is 0.310 e. The Bertz CT molecular complexity index is 857. The molecule has 4 nitrogen and oxygen atoms in total. The number of hydrogen-bond donors (Lipinski definition) is 1. The minimum Gasteiger partial charge on any atom is -0.508 e. The molecular weight excluding hydrogens is 346 g/mol. The summed E-state index contributed by atoms with van der Waals surface area (Å²) in [5.74, 6) is -0.117. The van der Waals surface area contributed by atoms with Crippen molar-refractivity contribution in [3.63, 3.8) is 0 Å². The van der Waals surface area contributed by atoms with Crippen LogP contribution in [0.1, 0.15) is 4.88 Å². The van der Waals surface area contributed by atoms with Crippen LogP contribution in [0.4, 0.5) is 0 Å². The third-order valence-electron chi connectivity index (χ3n) is 3.46. The Morgan fingerprint density at radius 1 is 1.12 bits per heavy atom. The molecule has 1 heterocycles. The lowest BCUT2D eigenvalue weighted by Gasteiger charge is -2.02. The van der Waals surface area contributed by atoms with E-state index in [4.69, 9.17) is 16.3 Å². The largest absolute Gasteiger partial charge is 0.508 e. The van der Waals surface area contributed by atoms with Crippen molar-refractivity contribution in [2.24, 2.45) is 0 Å². The number of rotatable bonds is 4. The Morgan fingerprint density at radius 3 is 2.38 bits per heavy atom. The van der Waals surface area contributed by atoms with Gasteiger partial charge in [0.15, 0.2) is 0 Å². The molecule has 0 unspecified atom stereocenters. The summed E-state index contributed by atoms with van der Waals surface area (Å²) in [5, 5.41) is 10.8. The number of benzene rings is 2. The predicted octanol–water partition coefficient (Wildman–Crippen LogP) is 4.55. The van der Waals surface area contributed by atoms with Crippen molar-refractivity contribution >= 4 is 28.9 Å². The zero-order valence-electron chi connectivity index (χ0n) is 12.8. The quantitative estimate of drug-likeness (QED) is 0.694. The molecule has 122 valence electrons. The fourth-order valence-corrected chi connectivity index (χ4v) is 3.44. The summed E-state index contributed by atoms with van der Waals surface area (Å²) >= 11 is 7.38. The van der Waals surface area contributed by atoms with Gasteiger partial charge < -0.3 is 9.84 Å². The molecular formula is C18H14ClNO3S. The number of aromatic hydroxyl groups is 1. The van der Waals surface area contributed by atoms with Crippen LogP contribution < -0.4 is 0 Å². The molecule has 3 aromatic rings. The number of thiazole rings is 1. The highest BCUT2D eigenvalue weighted by Gasteiger charge is 2.17. The Balaban J connectivity index is 2.06. The van der Waals surface area contributed by atoms with Crippen LogP contribution in [-0.4, -0.2) is 23.2 Å². The van der Waals surface area contributed by atoms with Crippen LogP contribution in [0.15, 0.2) is 48.5 Å². The van der Waals surface area contributed by atoms with Gasteiger partial charge in [-0.15, -0.1) is 11.3 Å². The second-order valence-electron chi connectivity index (χ2n) is 5.10. The molecule has 0 spiro atoms. The summed E-state index contributed by atoms with van der Waals surface area (Å²) in [7, 11) is 1.37. The monoisotopic (exact) mass is 359 g/mol. The van der Waals surface area contributed by atoms with E-state index >= 15 is 0 Å². The highest BCUT2D eigenvalue weighted by atomic mass is 35.5. The summed E-state index contributed by atoms with van der Waals surface area (Å²) in [4.78, 5) is 17.2. The molecule has 0 amide bonds. The molecule has 0 saturated heterocycles. The van der Waals surface area contributed by atoms with Crippen LogP contribution in [0.2, 0.25) is 5.02 Å². The number of esters is 1. The first-order valence-electron chi connectivity index (χ1n) is 7.18. The lowest BCUT2D eigenvalue weighted by atomic mass is 10.1. The fraction of sp³-hybridized carbons (Fsp3) is 0.111. The maximum Gasteiger partial charge on any atom is 0.310 e. The topological polar surface area (TPSA) is 59.4 Å². The number of carbonyl (C=O) groups is 1. The van der Waals surface area contributed by atoms with Crippen molar-refractivity contribution in [1.29, 1.82) is 0 Å². The zero-order chi connectivity index (χ0) is 17.1. The summed E-state index contributed by atoms with van der Waals surface area (Å²) < 4.78 is 4.78. The molecule has 0 aliphatic rings. The van der Waals surface area contributed by atoms with Crippen LogP contribution >= 0.6 is 22.9 Å². The molecule has 0 radical (unpaired) electrons. The highest BCUT2D eigenvalue weighted by Crippen LogP contribution is 2.35. The molecule has 0 atom stereocenters. The summed E-state index contributed by atoms with van der Waals surface area (Å²) in [6.45, 7) is 0. The van der Waals surface area contributed by atoms with Gasteiger partial charge in [0.2, 0.25) is 0 Å². The van der Waals surface area contributed by atoms with E-state index in [0.29, 0.717) is 5.02 Å². The first-order valence-corrected chi connectivity index (χ1v) is 8.38. The molecule has 24 heavy (non-hydrogen) atoms. The third-order valence-corrected chi connectivity index (χ3v) is 4.82. The molecule has 0 fully saturated rings. The first kappa shape index (κ1) is 16.5. The Morgan fingerprint density at radius 2 is 1.75 bits per heavy atom. The van der Waals surface area contributed by atoms with Gasteiger partial charge in [0.05, 0.1) is 19.2 Å². The summed E-state index contributed by atoms with van der Waals surface area (Å²) in [6.07, 6.45) is 0.157. The normalized spacial score (nSPS) is 10.6. The minimum atomic E-state index is -0.314. The van der Waals surface area contributed by atoms with E-state index in [2.05, 4.69) is 4.98 Å². The van der Waals surface area contributed by atoms with Crippen molar-refractivity contribution in [2.75, 3.05) is 7.11 Å². The SMILES string of the molecule is COC(=O)Cc1sc(-c2ccc(O)cc2)nc1-c1ccc(Cl)cc1. The third kappa shape index (κ3) is 3.58. The number of hydrogen-bond acceptors (Lipinski definition) is 5. The molecule has 0 aliphatic heterocycles.